The Kier molecular flexibility index (Phi) is 2.91. The van der Waals surface area contributed by atoms with Crippen molar-refractivity contribution in [2.24, 2.45) is 0 Å². The molecule has 0 unspecified atom stereocenters. The largest absolute Gasteiger partial charge is 0.458 e. The van der Waals surface area contributed by atoms with E-state index in [0.29, 0.717) is 11.4 Å². The van der Waals surface area contributed by atoms with Gasteiger partial charge in [0.2, 0.25) is 0 Å². The molecule has 76 valence electrons. The van der Waals surface area contributed by atoms with Gasteiger partial charge in [0, 0.05) is 0 Å². The molecule has 1 heterocycles. The predicted molar refractivity (Wildman–Crippen MR) is 53.6 cm³/mol. The van der Waals surface area contributed by atoms with Crippen molar-refractivity contribution >= 4 is 17.3 Å². The van der Waals surface area contributed by atoms with Gasteiger partial charge in [-0.15, -0.1) is 0 Å². The summed E-state index contributed by atoms with van der Waals surface area (Å²) in [4.78, 5) is 15.2. The molecule has 5 heteroatoms. The van der Waals surface area contributed by atoms with Crippen molar-refractivity contribution in [3.8, 4) is 0 Å². The molecular weight excluding hydrogens is 182 g/mol. The van der Waals surface area contributed by atoms with Crippen molar-refractivity contribution in [3.05, 3.63) is 18.0 Å². The van der Waals surface area contributed by atoms with E-state index in [0.717, 1.165) is 0 Å². The molecule has 4 N–H and O–H groups in total. The summed E-state index contributed by atoms with van der Waals surface area (Å²) >= 11 is 0. The third-order valence-electron chi connectivity index (χ3n) is 1.52. The van der Waals surface area contributed by atoms with Gasteiger partial charge in [-0.1, -0.05) is 0 Å². The number of carbonyl (C=O) groups excluding carboxylic acids is 1. The van der Waals surface area contributed by atoms with E-state index < -0.39 is 5.97 Å². The number of aromatic nitrogens is 1. The molecule has 0 amide bonds. The van der Waals surface area contributed by atoms with Crippen LogP contribution in [0.2, 0.25) is 0 Å². The van der Waals surface area contributed by atoms with Crippen molar-refractivity contribution in [2.75, 3.05) is 11.5 Å². The summed E-state index contributed by atoms with van der Waals surface area (Å²) in [6.45, 7) is 3.52. The van der Waals surface area contributed by atoms with E-state index in [4.69, 9.17) is 16.2 Å². The fourth-order valence-corrected chi connectivity index (χ4v) is 0.868. The first kappa shape index (κ1) is 10.3. The van der Waals surface area contributed by atoms with Gasteiger partial charge in [-0.2, -0.15) is 0 Å². The Morgan fingerprint density at radius 3 is 2.57 bits per heavy atom. The highest BCUT2D eigenvalue weighted by atomic mass is 16.5. The molecule has 0 atom stereocenters. The maximum Gasteiger partial charge on any atom is 0.357 e. The van der Waals surface area contributed by atoms with Crippen LogP contribution in [-0.2, 0) is 4.74 Å². The zero-order valence-electron chi connectivity index (χ0n) is 8.15. The van der Waals surface area contributed by atoms with Crippen LogP contribution in [0.5, 0.6) is 0 Å². The van der Waals surface area contributed by atoms with Crippen molar-refractivity contribution in [3.63, 3.8) is 0 Å². The number of pyridine rings is 1. The second-order valence-corrected chi connectivity index (χ2v) is 3.15. The minimum absolute atomic E-state index is 0.172. The lowest BCUT2D eigenvalue weighted by atomic mass is 10.3. The molecule has 0 spiro atoms. The topological polar surface area (TPSA) is 91.2 Å². The monoisotopic (exact) mass is 195 g/mol. The molecule has 0 aliphatic carbocycles. The Morgan fingerprint density at radius 1 is 1.43 bits per heavy atom. The second-order valence-electron chi connectivity index (χ2n) is 3.15. The number of nitrogens with two attached hydrogens (primary N) is 2. The zero-order chi connectivity index (χ0) is 10.7. The number of rotatable bonds is 2. The Balaban J connectivity index is 2.86. The van der Waals surface area contributed by atoms with E-state index in [-0.39, 0.29) is 11.8 Å². The lowest BCUT2D eigenvalue weighted by Crippen LogP contribution is -2.13. The zero-order valence-corrected chi connectivity index (χ0v) is 8.15. The third-order valence-corrected chi connectivity index (χ3v) is 1.52. The molecule has 0 aliphatic rings. The molecule has 14 heavy (non-hydrogen) atoms. The lowest BCUT2D eigenvalue weighted by Gasteiger charge is -2.07. The molecule has 1 rings (SSSR count). The van der Waals surface area contributed by atoms with Crippen LogP contribution in [0.4, 0.5) is 11.4 Å². The summed E-state index contributed by atoms with van der Waals surface area (Å²) in [5, 5.41) is 0. The molecule has 1 aromatic heterocycles. The summed E-state index contributed by atoms with van der Waals surface area (Å²) in [6.07, 6.45) is 1.16. The average Bonchev–Trinajstić information content (AvgIpc) is 2.08. The van der Waals surface area contributed by atoms with E-state index in [1.807, 2.05) is 0 Å². The Bertz CT molecular complexity index is 350. The number of esters is 1. The van der Waals surface area contributed by atoms with Crippen LogP contribution in [0.25, 0.3) is 0 Å². The van der Waals surface area contributed by atoms with Gasteiger partial charge in [-0.3, -0.25) is 0 Å². The molecular formula is C9H13N3O2. The molecule has 0 aromatic carbocycles. The summed E-state index contributed by atoms with van der Waals surface area (Å²) in [7, 11) is 0. The minimum atomic E-state index is -0.494. The van der Waals surface area contributed by atoms with E-state index in [1.165, 1.54) is 12.3 Å². The van der Waals surface area contributed by atoms with Crippen LogP contribution < -0.4 is 11.5 Å². The van der Waals surface area contributed by atoms with Gasteiger partial charge in [0.1, 0.15) is 0 Å². The maximum absolute atomic E-state index is 11.3. The smallest absolute Gasteiger partial charge is 0.357 e. The third kappa shape index (κ3) is 2.35. The van der Waals surface area contributed by atoms with Crippen LogP contribution >= 0.6 is 0 Å². The fourth-order valence-electron chi connectivity index (χ4n) is 0.868. The number of nitrogens with zero attached hydrogens (tertiary/aromatic N) is 1. The molecule has 0 bridgehead atoms. The van der Waals surface area contributed by atoms with Gasteiger partial charge in [0.15, 0.2) is 5.69 Å². The van der Waals surface area contributed by atoms with Crippen molar-refractivity contribution in [1.82, 2.24) is 4.98 Å². The minimum Gasteiger partial charge on any atom is -0.458 e. The summed E-state index contributed by atoms with van der Waals surface area (Å²) < 4.78 is 4.93. The van der Waals surface area contributed by atoms with Gasteiger partial charge >= 0.3 is 5.97 Å². The van der Waals surface area contributed by atoms with Crippen LogP contribution in [0, 0.1) is 0 Å². The highest BCUT2D eigenvalue weighted by molar-refractivity contribution is 5.89. The SMILES string of the molecule is CC(C)OC(=O)c1cc(N)c(N)cn1. The quantitative estimate of drug-likeness (QED) is 0.681. The van der Waals surface area contributed by atoms with Crippen LogP contribution in [0.3, 0.4) is 0 Å². The van der Waals surface area contributed by atoms with Crippen LogP contribution in [-0.4, -0.2) is 17.1 Å². The van der Waals surface area contributed by atoms with Gasteiger partial charge < -0.3 is 16.2 Å². The van der Waals surface area contributed by atoms with E-state index in [1.54, 1.807) is 13.8 Å². The molecule has 0 saturated heterocycles. The number of hydrogen-bond acceptors (Lipinski definition) is 5. The Hall–Kier alpha value is -1.78. The Morgan fingerprint density at radius 2 is 2.07 bits per heavy atom. The first-order chi connectivity index (χ1) is 6.50. The first-order valence-corrected chi connectivity index (χ1v) is 4.22. The molecule has 0 radical (unpaired) electrons. The first-order valence-electron chi connectivity index (χ1n) is 4.22. The van der Waals surface area contributed by atoms with Gasteiger partial charge in [-0.05, 0) is 19.9 Å². The Labute approximate surface area is 82.1 Å². The number of ether oxygens (including phenoxy) is 1. The highest BCUT2D eigenvalue weighted by Gasteiger charge is 2.11. The van der Waals surface area contributed by atoms with Gasteiger partial charge in [0.25, 0.3) is 0 Å². The van der Waals surface area contributed by atoms with Crippen LogP contribution in [0.15, 0.2) is 12.3 Å². The van der Waals surface area contributed by atoms with Gasteiger partial charge in [0.05, 0.1) is 23.7 Å². The summed E-state index contributed by atoms with van der Waals surface area (Å²) in [5.41, 5.74) is 11.8. The van der Waals surface area contributed by atoms with Crippen molar-refractivity contribution < 1.29 is 9.53 Å². The predicted octanol–water partition coefficient (Wildman–Crippen LogP) is 0.811. The molecule has 0 fully saturated rings. The standard InChI is InChI=1S/C9H13N3O2/c1-5(2)14-9(13)8-3-6(10)7(11)4-12-8/h3-5H,11H2,1-2H3,(H2,10,12). The maximum atomic E-state index is 11.3. The van der Waals surface area contributed by atoms with Crippen molar-refractivity contribution in [1.29, 1.82) is 0 Å². The van der Waals surface area contributed by atoms with Gasteiger partial charge in [-0.25, -0.2) is 9.78 Å². The average molecular weight is 195 g/mol. The van der Waals surface area contributed by atoms with E-state index >= 15 is 0 Å². The summed E-state index contributed by atoms with van der Waals surface area (Å²) in [5.74, 6) is -0.494. The second kappa shape index (κ2) is 3.95. The van der Waals surface area contributed by atoms with Crippen LogP contribution in [0.1, 0.15) is 24.3 Å². The molecule has 5 nitrogen and oxygen atoms in total. The summed E-state index contributed by atoms with van der Waals surface area (Å²) in [6, 6.07) is 1.40. The van der Waals surface area contributed by atoms with E-state index in [9.17, 15) is 4.79 Å². The molecule has 0 saturated carbocycles. The normalized spacial score (nSPS) is 10.2. The van der Waals surface area contributed by atoms with Crippen molar-refractivity contribution in [2.45, 2.75) is 20.0 Å². The lowest BCUT2D eigenvalue weighted by molar-refractivity contribution is 0.0371. The number of nitrogen functional groups attached to an aromatic ring is 2. The number of anilines is 2. The number of carbonyl (C=O) groups is 1. The number of hydrogen-bond donors (Lipinski definition) is 2. The fraction of sp³-hybridized carbons (Fsp3) is 0.333. The molecule has 1 aromatic rings. The molecule has 0 aliphatic heterocycles. The van der Waals surface area contributed by atoms with E-state index in [2.05, 4.69) is 4.98 Å². The highest BCUT2D eigenvalue weighted by Crippen LogP contribution is 2.14.